The maximum absolute atomic E-state index is 12.4. The van der Waals surface area contributed by atoms with Crippen molar-refractivity contribution in [3.63, 3.8) is 0 Å². The molecule has 2 aromatic rings. The number of nitrogens with one attached hydrogen (secondary N) is 1. The molecule has 0 radical (unpaired) electrons. The normalized spacial score (nSPS) is 16.8. The number of amides is 3. The fourth-order valence-corrected chi connectivity index (χ4v) is 6.49. The van der Waals surface area contributed by atoms with Gasteiger partial charge >= 0.3 is 0 Å². The molecular weight excluding hydrogens is 522 g/mol. The van der Waals surface area contributed by atoms with Gasteiger partial charge in [-0.15, -0.1) is 0 Å². The van der Waals surface area contributed by atoms with E-state index in [1.807, 2.05) is 42.5 Å². The quantitative estimate of drug-likeness (QED) is 0.165. The molecule has 0 saturated carbocycles. The molecule has 0 bridgehead atoms. The number of carbonyl (C=O) groups is 3. The van der Waals surface area contributed by atoms with Crippen molar-refractivity contribution in [2.24, 2.45) is 0 Å². The van der Waals surface area contributed by atoms with Gasteiger partial charge in [0.05, 0.1) is 6.42 Å². The first-order valence-corrected chi connectivity index (χ1v) is 15.3. The average Bonchev–Trinajstić information content (AvgIpc) is 3.16. The van der Waals surface area contributed by atoms with Crippen molar-refractivity contribution in [3.05, 3.63) is 59.8 Å². The number of nitrogens with zero attached hydrogens (tertiary/aromatic N) is 2. The maximum atomic E-state index is 12.4. The van der Waals surface area contributed by atoms with Gasteiger partial charge in [-0.1, -0.05) is 41.8 Å². The van der Waals surface area contributed by atoms with Gasteiger partial charge in [-0.2, -0.15) is 8.42 Å². The van der Waals surface area contributed by atoms with Gasteiger partial charge in [0.15, 0.2) is 5.25 Å². The number of likely N-dealkylation sites (tertiary alicyclic amines) is 1. The van der Waals surface area contributed by atoms with Crippen LogP contribution in [-0.4, -0.2) is 58.9 Å². The molecule has 1 aromatic carbocycles. The molecule has 194 valence electrons. The molecular formula is C24H29N3O6S3. The van der Waals surface area contributed by atoms with Crippen LogP contribution in [0.5, 0.6) is 0 Å². The zero-order chi connectivity index (χ0) is 26.1. The summed E-state index contributed by atoms with van der Waals surface area (Å²) in [5.74, 6) is -1.59. The number of imide groups is 1. The van der Waals surface area contributed by atoms with Crippen LogP contribution in [-0.2, 0) is 19.7 Å². The molecule has 1 aliphatic heterocycles. The second kappa shape index (κ2) is 13.2. The van der Waals surface area contributed by atoms with Crippen LogP contribution in [0.4, 0.5) is 0 Å². The van der Waals surface area contributed by atoms with E-state index in [9.17, 15) is 22.8 Å². The van der Waals surface area contributed by atoms with Gasteiger partial charge < -0.3 is 5.32 Å². The van der Waals surface area contributed by atoms with Crippen LogP contribution in [0.3, 0.4) is 0 Å². The number of benzene rings is 1. The molecule has 2 heterocycles. The van der Waals surface area contributed by atoms with Crippen molar-refractivity contribution in [2.75, 3.05) is 13.1 Å². The first-order chi connectivity index (χ1) is 17.2. The molecule has 0 aliphatic carbocycles. The summed E-state index contributed by atoms with van der Waals surface area (Å²) in [6.07, 6.45) is 4.01. The molecule has 1 saturated heterocycles. The molecule has 1 fully saturated rings. The van der Waals surface area contributed by atoms with Gasteiger partial charge in [0.25, 0.3) is 21.9 Å². The minimum absolute atomic E-state index is 0.124. The predicted molar refractivity (Wildman–Crippen MR) is 140 cm³/mol. The average molecular weight is 552 g/mol. The molecule has 2 unspecified atom stereocenters. The van der Waals surface area contributed by atoms with E-state index in [2.05, 4.69) is 17.2 Å². The number of rotatable bonds is 13. The lowest BCUT2D eigenvalue weighted by atomic mass is 10.1. The fourth-order valence-electron chi connectivity index (χ4n) is 3.65. The minimum Gasteiger partial charge on any atom is -0.352 e. The number of carbonyl (C=O) groups excluding carboxylic acids is 3. The second-order valence-corrected chi connectivity index (χ2v) is 12.5. The van der Waals surface area contributed by atoms with Crippen LogP contribution >= 0.6 is 21.6 Å². The Bertz CT molecular complexity index is 1160. The maximum Gasteiger partial charge on any atom is 0.277 e. The van der Waals surface area contributed by atoms with Crippen LogP contribution < -0.4 is 5.32 Å². The Labute approximate surface area is 219 Å². The second-order valence-electron chi connectivity index (χ2n) is 8.37. The van der Waals surface area contributed by atoms with Crippen molar-refractivity contribution in [2.45, 2.75) is 54.6 Å². The van der Waals surface area contributed by atoms with Crippen molar-refractivity contribution in [1.29, 1.82) is 0 Å². The SMILES string of the molecule is CC(SSc1ccccn1)c1ccc(C(=O)NCCCCCCN2C(=O)CC(S(=O)(=O)O)C2=O)cc1. The monoisotopic (exact) mass is 551 g/mol. The third-order valence-corrected chi connectivity index (χ3v) is 9.54. The Hall–Kier alpha value is -2.41. The smallest absolute Gasteiger partial charge is 0.277 e. The molecule has 0 spiro atoms. The van der Waals surface area contributed by atoms with Gasteiger partial charge in [-0.25, -0.2) is 4.98 Å². The third kappa shape index (κ3) is 8.05. The Balaban J connectivity index is 1.31. The molecule has 12 heteroatoms. The van der Waals surface area contributed by atoms with Gasteiger partial charge in [0.2, 0.25) is 5.91 Å². The molecule has 3 rings (SSSR count). The lowest BCUT2D eigenvalue weighted by Gasteiger charge is -2.14. The molecule has 2 N–H and O–H groups in total. The summed E-state index contributed by atoms with van der Waals surface area (Å²) in [5.41, 5.74) is 1.71. The highest BCUT2D eigenvalue weighted by molar-refractivity contribution is 8.76. The first-order valence-electron chi connectivity index (χ1n) is 11.6. The highest BCUT2D eigenvalue weighted by Crippen LogP contribution is 2.41. The number of pyridine rings is 1. The van der Waals surface area contributed by atoms with Crippen molar-refractivity contribution >= 4 is 49.4 Å². The molecule has 36 heavy (non-hydrogen) atoms. The van der Waals surface area contributed by atoms with Crippen molar-refractivity contribution in [1.82, 2.24) is 15.2 Å². The molecule has 3 amide bonds. The van der Waals surface area contributed by atoms with Gasteiger partial charge in [0.1, 0.15) is 5.03 Å². The lowest BCUT2D eigenvalue weighted by Crippen LogP contribution is -2.35. The summed E-state index contributed by atoms with van der Waals surface area (Å²) >= 11 is 0. The first kappa shape index (κ1) is 28.2. The molecule has 9 nitrogen and oxygen atoms in total. The minimum atomic E-state index is -4.57. The summed E-state index contributed by atoms with van der Waals surface area (Å²) in [6.45, 7) is 2.73. The summed E-state index contributed by atoms with van der Waals surface area (Å²) < 4.78 is 31.4. The van der Waals surface area contributed by atoms with Crippen molar-refractivity contribution < 1.29 is 27.4 Å². The van der Waals surface area contributed by atoms with E-state index in [0.717, 1.165) is 28.3 Å². The lowest BCUT2D eigenvalue weighted by molar-refractivity contribution is -0.138. The van der Waals surface area contributed by atoms with Gasteiger partial charge in [0, 0.05) is 30.1 Å². The van der Waals surface area contributed by atoms with Crippen LogP contribution in [0.15, 0.2) is 53.7 Å². The zero-order valence-electron chi connectivity index (χ0n) is 19.8. The van der Waals surface area contributed by atoms with E-state index in [-0.39, 0.29) is 17.7 Å². The topological polar surface area (TPSA) is 134 Å². The van der Waals surface area contributed by atoms with Crippen LogP contribution in [0, 0.1) is 0 Å². The van der Waals surface area contributed by atoms with E-state index in [1.165, 1.54) is 0 Å². The Morgan fingerprint density at radius 1 is 1.14 bits per heavy atom. The molecule has 1 aromatic heterocycles. The Kier molecular flexibility index (Phi) is 10.3. The van der Waals surface area contributed by atoms with Gasteiger partial charge in [-0.05, 0) is 60.4 Å². The number of hydrogen-bond acceptors (Lipinski definition) is 8. The standard InChI is InChI=1S/C24H29N3O6S3/c1-17(34-35-21-8-4-6-13-25-21)18-9-11-19(12-10-18)23(29)26-14-5-2-3-7-15-27-22(28)16-20(24(27)30)36(31,32)33/h4,6,8-13,17,20H,2-3,5,7,14-16H2,1H3,(H,26,29)(H,31,32,33). The van der Waals surface area contributed by atoms with E-state index in [4.69, 9.17) is 4.55 Å². The Morgan fingerprint density at radius 3 is 2.50 bits per heavy atom. The fraction of sp³-hybridized carbons (Fsp3) is 0.417. The predicted octanol–water partition coefficient (Wildman–Crippen LogP) is 3.89. The zero-order valence-corrected chi connectivity index (χ0v) is 22.3. The number of hydrogen-bond donors (Lipinski definition) is 2. The largest absolute Gasteiger partial charge is 0.352 e. The number of unbranched alkanes of at least 4 members (excludes halogenated alkanes) is 3. The highest BCUT2D eigenvalue weighted by atomic mass is 33.1. The van der Waals surface area contributed by atoms with Crippen LogP contribution in [0.1, 0.15) is 60.2 Å². The van der Waals surface area contributed by atoms with Crippen LogP contribution in [0.2, 0.25) is 0 Å². The van der Waals surface area contributed by atoms with E-state index < -0.39 is 33.6 Å². The summed E-state index contributed by atoms with van der Waals surface area (Å²) in [6, 6.07) is 13.4. The Morgan fingerprint density at radius 2 is 1.86 bits per heavy atom. The highest BCUT2D eigenvalue weighted by Gasteiger charge is 2.45. The summed E-state index contributed by atoms with van der Waals surface area (Å²) in [7, 11) is -1.25. The van der Waals surface area contributed by atoms with E-state index in [1.54, 1.807) is 27.8 Å². The summed E-state index contributed by atoms with van der Waals surface area (Å²) in [4.78, 5) is 41.5. The van der Waals surface area contributed by atoms with E-state index >= 15 is 0 Å². The van der Waals surface area contributed by atoms with E-state index in [0.29, 0.717) is 24.9 Å². The van der Waals surface area contributed by atoms with Crippen LogP contribution in [0.25, 0.3) is 0 Å². The number of aromatic nitrogens is 1. The molecule has 2 atom stereocenters. The third-order valence-electron chi connectivity index (χ3n) is 5.71. The molecule has 1 aliphatic rings. The van der Waals surface area contributed by atoms with Gasteiger partial charge in [-0.3, -0.25) is 23.8 Å². The summed E-state index contributed by atoms with van der Waals surface area (Å²) in [5, 5.41) is 2.40. The van der Waals surface area contributed by atoms with Crippen molar-refractivity contribution in [3.8, 4) is 0 Å².